The van der Waals surface area contributed by atoms with Gasteiger partial charge in [0.2, 0.25) is 0 Å². The van der Waals surface area contributed by atoms with Crippen LogP contribution in [0.5, 0.6) is 5.75 Å². The lowest BCUT2D eigenvalue weighted by atomic mass is 9.91. The van der Waals surface area contributed by atoms with E-state index in [2.05, 4.69) is 35.4 Å². The van der Waals surface area contributed by atoms with E-state index < -0.39 is 0 Å². The summed E-state index contributed by atoms with van der Waals surface area (Å²) in [4.78, 5) is 16.0. The number of aryl methyl sites for hydroxylation is 2. The number of rotatable bonds is 3. The Morgan fingerprint density at radius 1 is 1.20 bits per heavy atom. The minimum atomic E-state index is -0.0249. The third-order valence-electron chi connectivity index (χ3n) is 5.03. The first-order valence-corrected chi connectivity index (χ1v) is 8.69. The Balaban J connectivity index is 1.50. The standard InChI is InChI=1S/C21H22N2O2/c1-13-3-10-19-18(11-13)17-9-6-15(12-20(17)23-19)22-21(24)14-4-7-16(25-2)8-5-14/h3-5,7-8,10-11,15,23H,6,9,12H2,1-2H3,(H,22,24). The maximum absolute atomic E-state index is 12.5. The molecule has 128 valence electrons. The zero-order valence-corrected chi connectivity index (χ0v) is 14.6. The van der Waals surface area contributed by atoms with Crippen molar-refractivity contribution in [3.05, 3.63) is 64.8 Å². The van der Waals surface area contributed by atoms with E-state index in [-0.39, 0.29) is 11.9 Å². The number of methoxy groups -OCH3 is 1. The lowest BCUT2D eigenvalue weighted by Gasteiger charge is -2.23. The van der Waals surface area contributed by atoms with Crippen LogP contribution in [0.25, 0.3) is 10.9 Å². The van der Waals surface area contributed by atoms with Gasteiger partial charge in [0.25, 0.3) is 5.91 Å². The van der Waals surface area contributed by atoms with E-state index in [1.54, 1.807) is 19.2 Å². The van der Waals surface area contributed by atoms with Gasteiger partial charge < -0.3 is 15.0 Å². The molecular formula is C21H22N2O2. The van der Waals surface area contributed by atoms with E-state index in [9.17, 15) is 4.79 Å². The average molecular weight is 334 g/mol. The third kappa shape index (κ3) is 3.00. The fourth-order valence-electron chi connectivity index (χ4n) is 3.68. The smallest absolute Gasteiger partial charge is 0.251 e. The number of hydrogen-bond acceptors (Lipinski definition) is 2. The van der Waals surface area contributed by atoms with E-state index in [1.165, 1.54) is 27.7 Å². The molecule has 1 unspecified atom stereocenters. The van der Waals surface area contributed by atoms with Gasteiger partial charge in [0.05, 0.1) is 7.11 Å². The molecule has 1 aliphatic rings. The van der Waals surface area contributed by atoms with Gasteiger partial charge >= 0.3 is 0 Å². The Morgan fingerprint density at radius 2 is 2.00 bits per heavy atom. The van der Waals surface area contributed by atoms with Gasteiger partial charge in [-0.2, -0.15) is 0 Å². The zero-order valence-electron chi connectivity index (χ0n) is 14.6. The van der Waals surface area contributed by atoms with E-state index in [1.807, 2.05) is 12.1 Å². The molecule has 1 heterocycles. The van der Waals surface area contributed by atoms with E-state index in [4.69, 9.17) is 4.74 Å². The number of nitrogens with one attached hydrogen (secondary N) is 2. The number of ether oxygens (including phenoxy) is 1. The first-order valence-electron chi connectivity index (χ1n) is 8.69. The van der Waals surface area contributed by atoms with Crippen molar-refractivity contribution in [3.8, 4) is 5.75 Å². The Bertz CT molecular complexity index is 925. The number of fused-ring (bicyclic) bond motifs is 3. The Kier molecular flexibility index (Phi) is 3.96. The fourth-order valence-corrected chi connectivity index (χ4v) is 3.68. The SMILES string of the molecule is COc1ccc(C(=O)NC2CCc3c([nH]c4ccc(C)cc34)C2)cc1. The minimum Gasteiger partial charge on any atom is -0.497 e. The molecule has 0 aliphatic heterocycles. The molecule has 2 aromatic carbocycles. The predicted molar refractivity (Wildman–Crippen MR) is 99.3 cm³/mol. The topological polar surface area (TPSA) is 54.1 Å². The molecule has 25 heavy (non-hydrogen) atoms. The summed E-state index contributed by atoms with van der Waals surface area (Å²) in [5.41, 5.74) is 5.81. The van der Waals surface area contributed by atoms with Crippen molar-refractivity contribution in [1.29, 1.82) is 0 Å². The summed E-state index contributed by atoms with van der Waals surface area (Å²) in [5, 5.41) is 4.50. The molecule has 0 saturated heterocycles. The Morgan fingerprint density at radius 3 is 2.76 bits per heavy atom. The van der Waals surface area contributed by atoms with Gasteiger partial charge in [-0.05, 0) is 61.7 Å². The van der Waals surface area contributed by atoms with Gasteiger partial charge in [0.15, 0.2) is 0 Å². The second-order valence-corrected chi connectivity index (χ2v) is 6.77. The monoisotopic (exact) mass is 334 g/mol. The summed E-state index contributed by atoms with van der Waals surface area (Å²) < 4.78 is 5.14. The average Bonchev–Trinajstić information content (AvgIpc) is 2.98. The summed E-state index contributed by atoms with van der Waals surface area (Å²) in [5.74, 6) is 0.732. The molecule has 0 spiro atoms. The van der Waals surface area contributed by atoms with Crippen LogP contribution in [0.1, 0.15) is 33.6 Å². The molecule has 4 heteroatoms. The van der Waals surface area contributed by atoms with Crippen LogP contribution in [0.2, 0.25) is 0 Å². The molecule has 0 fully saturated rings. The third-order valence-corrected chi connectivity index (χ3v) is 5.03. The van der Waals surface area contributed by atoms with Gasteiger partial charge in [-0.15, -0.1) is 0 Å². The van der Waals surface area contributed by atoms with Gasteiger partial charge in [-0.1, -0.05) is 11.6 Å². The molecule has 4 rings (SSSR count). The highest BCUT2D eigenvalue weighted by Crippen LogP contribution is 2.30. The Hall–Kier alpha value is -2.75. The van der Waals surface area contributed by atoms with Crippen LogP contribution >= 0.6 is 0 Å². The molecule has 1 aromatic heterocycles. The summed E-state index contributed by atoms with van der Waals surface area (Å²) >= 11 is 0. The molecule has 1 aliphatic carbocycles. The highest BCUT2D eigenvalue weighted by atomic mass is 16.5. The highest BCUT2D eigenvalue weighted by molar-refractivity contribution is 5.94. The molecule has 0 radical (unpaired) electrons. The predicted octanol–water partition coefficient (Wildman–Crippen LogP) is 3.77. The summed E-state index contributed by atoms with van der Waals surface area (Å²) in [7, 11) is 1.62. The van der Waals surface area contributed by atoms with Crippen LogP contribution in [-0.4, -0.2) is 24.0 Å². The lowest BCUT2D eigenvalue weighted by molar-refractivity contribution is 0.0933. The van der Waals surface area contributed by atoms with E-state index in [0.717, 1.165) is 25.0 Å². The molecule has 1 amide bonds. The molecule has 0 saturated carbocycles. The van der Waals surface area contributed by atoms with Crippen LogP contribution in [0.15, 0.2) is 42.5 Å². The molecule has 3 aromatic rings. The van der Waals surface area contributed by atoms with E-state index in [0.29, 0.717) is 5.56 Å². The highest BCUT2D eigenvalue weighted by Gasteiger charge is 2.24. The largest absolute Gasteiger partial charge is 0.497 e. The molecule has 2 N–H and O–H groups in total. The van der Waals surface area contributed by atoms with Gasteiger partial charge in [0.1, 0.15) is 5.75 Å². The quantitative estimate of drug-likeness (QED) is 0.766. The van der Waals surface area contributed by atoms with Crippen LogP contribution in [0.4, 0.5) is 0 Å². The van der Waals surface area contributed by atoms with Crippen molar-refractivity contribution in [2.75, 3.05) is 7.11 Å². The Labute approximate surface area is 147 Å². The first-order chi connectivity index (χ1) is 12.1. The second kappa shape index (κ2) is 6.28. The van der Waals surface area contributed by atoms with Crippen molar-refractivity contribution >= 4 is 16.8 Å². The fraction of sp³-hybridized carbons (Fsp3) is 0.286. The minimum absolute atomic E-state index is 0.0249. The van der Waals surface area contributed by atoms with Crippen molar-refractivity contribution in [2.45, 2.75) is 32.2 Å². The van der Waals surface area contributed by atoms with Crippen molar-refractivity contribution in [2.24, 2.45) is 0 Å². The maximum atomic E-state index is 12.5. The van der Waals surface area contributed by atoms with Gasteiger partial charge in [-0.3, -0.25) is 4.79 Å². The normalized spacial score (nSPS) is 16.5. The summed E-state index contributed by atoms with van der Waals surface area (Å²) in [6, 6.07) is 13.9. The number of carbonyl (C=O) groups is 1. The number of benzene rings is 2. The van der Waals surface area contributed by atoms with Crippen LogP contribution in [-0.2, 0) is 12.8 Å². The number of aromatic nitrogens is 1. The van der Waals surface area contributed by atoms with Crippen LogP contribution in [0.3, 0.4) is 0 Å². The van der Waals surface area contributed by atoms with Gasteiger partial charge in [-0.25, -0.2) is 0 Å². The molecular weight excluding hydrogens is 312 g/mol. The second-order valence-electron chi connectivity index (χ2n) is 6.77. The maximum Gasteiger partial charge on any atom is 0.251 e. The van der Waals surface area contributed by atoms with Crippen molar-refractivity contribution < 1.29 is 9.53 Å². The summed E-state index contributed by atoms with van der Waals surface area (Å²) in [6.07, 6.45) is 2.81. The number of aromatic amines is 1. The molecule has 0 bridgehead atoms. The molecule has 1 atom stereocenters. The molecule has 4 nitrogen and oxygen atoms in total. The van der Waals surface area contributed by atoms with Gasteiger partial charge in [0, 0.05) is 34.6 Å². The van der Waals surface area contributed by atoms with Crippen molar-refractivity contribution in [3.63, 3.8) is 0 Å². The lowest BCUT2D eigenvalue weighted by Crippen LogP contribution is -2.38. The van der Waals surface area contributed by atoms with Crippen LogP contribution in [0, 0.1) is 6.92 Å². The number of hydrogen-bond donors (Lipinski definition) is 2. The zero-order chi connectivity index (χ0) is 17.4. The number of amides is 1. The van der Waals surface area contributed by atoms with Crippen LogP contribution < -0.4 is 10.1 Å². The summed E-state index contributed by atoms with van der Waals surface area (Å²) in [6.45, 7) is 2.12. The number of H-pyrrole nitrogens is 1. The number of carbonyl (C=O) groups excluding carboxylic acids is 1. The van der Waals surface area contributed by atoms with Crippen molar-refractivity contribution in [1.82, 2.24) is 10.3 Å². The van der Waals surface area contributed by atoms with E-state index >= 15 is 0 Å². The first kappa shape index (κ1) is 15.8.